The van der Waals surface area contributed by atoms with Crippen LogP contribution in [0.3, 0.4) is 0 Å². The van der Waals surface area contributed by atoms with Crippen LogP contribution >= 0.6 is 0 Å². The van der Waals surface area contributed by atoms with Gasteiger partial charge in [-0.1, -0.05) is 56.3 Å². The van der Waals surface area contributed by atoms with Crippen LogP contribution in [0, 0.1) is 12.7 Å². The van der Waals surface area contributed by atoms with Gasteiger partial charge in [0.15, 0.2) is 0 Å². The number of anilines is 1. The van der Waals surface area contributed by atoms with E-state index >= 15 is 0 Å². The molecular weight excluding hydrogens is 563 g/mol. The van der Waals surface area contributed by atoms with Crippen LogP contribution in [0.25, 0.3) is 22.8 Å². The standard InChI is InChI=1S/C34H35FN4O3S/c1-4-39(5-2)18-17-36-34(41)31-22(3)37-30(32(31)24-11-13-25(35)14-12-24)20-28-27-19-26(15-16-29(27)38-33(28)40)43(42)21-23-9-7-6-8-10-23/h6-16,19-20,37H,4-5,17-18,21H2,1-3H3,(H,36,41)(H,38,40)/b28-20-. The minimum Gasteiger partial charge on any atom is -0.358 e. The Morgan fingerprint density at radius 1 is 1.02 bits per heavy atom. The predicted molar refractivity (Wildman–Crippen MR) is 171 cm³/mol. The van der Waals surface area contributed by atoms with Crippen LogP contribution in [-0.4, -0.2) is 52.1 Å². The molecule has 1 aliphatic rings. The van der Waals surface area contributed by atoms with Gasteiger partial charge in [0.25, 0.3) is 11.8 Å². The Balaban J connectivity index is 1.52. The third-order valence-electron chi connectivity index (χ3n) is 7.65. The number of carbonyl (C=O) groups excluding carboxylic acids is 2. The van der Waals surface area contributed by atoms with Crippen molar-refractivity contribution in [1.82, 2.24) is 15.2 Å². The number of nitrogens with zero attached hydrogens (tertiary/aromatic N) is 1. The van der Waals surface area contributed by atoms with E-state index in [1.54, 1.807) is 36.4 Å². The molecule has 2 heterocycles. The maximum Gasteiger partial charge on any atom is 0.256 e. The van der Waals surface area contributed by atoms with Gasteiger partial charge in [-0.2, -0.15) is 0 Å². The second-order valence-corrected chi connectivity index (χ2v) is 11.8. The van der Waals surface area contributed by atoms with Gasteiger partial charge >= 0.3 is 0 Å². The van der Waals surface area contributed by atoms with E-state index in [1.165, 1.54) is 12.1 Å². The predicted octanol–water partition coefficient (Wildman–Crippen LogP) is 6.00. The highest BCUT2D eigenvalue weighted by Crippen LogP contribution is 2.38. The van der Waals surface area contributed by atoms with Crippen molar-refractivity contribution in [2.24, 2.45) is 0 Å². The minimum absolute atomic E-state index is 0.250. The van der Waals surface area contributed by atoms with Crippen molar-refractivity contribution in [2.45, 2.75) is 31.4 Å². The van der Waals surface area contributed by atoms with Crippen LogP contribution in [0.1, 0.15) is 46.7 Å². The highest BCUT2D eigenvalue weighted by Gasteiger charge is 2.28. The molecule has 43 heavy (non-hydrogen) atoms. The van der Waals surface area contributed by atoms with Crippen LogP contribution < -0.4 is 10.6 Å². The Morgan fingerprint density at radius 3 is 2.44 bits per heavy atom. The zero-order valence-electron chi connectivity index (χ0n) is 24.5. The Hall–Kier alpha value is -4.34. The molecule has 9 heteroatoms. The number of hydrogen-bond acceptors (Lipinski definition) is 4. The van der Waals surface area contributed by atoms with Gasteiger partial charge in [0.1, 0.15) is 5.82 Å². The van der Waals surface area contributed by atoms with E-state index in [0.717, 1.165) is 25.2 Å². The SMILES string of the molecule is CCN(CC)CCNC(=O)c1c(C)[nH]c(/C=C2\C(=O)Nc3ccc(S(=O)Cc4ccccc4)cc32)c1-c1ccc(F)cc1. The van der Waals surface area contributed by atoms with Gasteiger partial charge in [0.05, 0.1) is 27.7 Å². The third-order valence-corrected chi connectivity index (χ3v) is 9.03. The normalized spacial score (nSPS) is 14.2. The largest absolute Gasteiger partial charge is 0.358 e. The van der Waals surface area contributed by atoms with Crippen molar-refractivity contribution in [2.75, 3.05) is 31.5 Å². The molecule has 7 nitrogen and oxygen atoms in total. The van der Waals surface area contributed by atoms with Crippen LogP contribution in [0.15, 0.2) is 77.7 Å². The average molecular weight is 599 g/mol. The number of amides is 2. The van der Waals surface area contributed by atoms with Crippen LogP contribution in [-0.2, 0) is 21.3 Å². The molecule has 1 unspecified atom stereocenters. The fourth-order valence-electron chi connectivity index (χ4n) is 5.32. The number of carbonyl (C=O) groups is 2. The maximum atomic E-state index is 13.9. The summed E-state index contributed by atoms with van der Waals surface area (Å²) in [6.45, 7) is 8.93. The third kappa shape index (κ3) is 6.68. The molecule has 0 spiro atoms. The van der Waals surface area contributed by atoms with E-state index < -0.39 is 10.8 Å². The molecule has 222 valence electrons. The number of halogens is 1. The summed E-state index contributed by atoms with van der Waals surface area (Å²) in [6, 6.07) is 20.9. The summed E-state index contributed by atoms with van der Waals surface area (Å²) in [5.41, 5.74) is 5.43. The van der Waals surface area contributed by atoms with E-state index in [-0.39, 0.29) is 17.6 Å². The Bertz CT molecular complexity index is 1690. The van der Waals surface area contributed by atoms with Crippen LogP contribution in [0.2, 0.25) is 0 Å². The fraction of sp³-hybridized carbons (Fsp3) is 0.235. The first-order valence-corrected chi connectivity index (χ1v) is 15.7. The highest BCUT2D eigenvalue weighted by atomic mass is 32.2. The quantitative estimate of drug-likeness (QED) is 0.185. The van der Waals surface area contributed by atoms with Crippen molar-refractivity contribution >= 4 is 40.0 Å². The molecule has 5 rings (SSSR count). The molecule has 0 saturated carbocycles. The monoisotopic (exact) mass is 598 g/mol. The fourth-order valence-corrected chi connectivity index (χ4v) is 6.45. The first-order valence-electron chi connectivity index (χ1n) is 14.4. The molecule has 0 bridgehead atoms. The summed E-state index contributed by atoms with van der Waals surface area (Å²) in [5, 5.41) is 5.91. The summed E-state index contributed by atoms with van der Waals surface area (Å²) < 4.78 is 27.1. The number of aryl methyl sites for hydroxylation is 1. The number of H-pyrrole nitrogens is 1. The summed E-state index contributed by atoms with van der Waals surface area (Å²) in [5.74, 6) is -0.582. The van der Waals surface area contributed by atoms with Gasteiger partial charge < -0.3 is 20.5 Å². The van der Waals surface area contributed by atoms with E-state index in [1.807, 2.05) is 37.3 Å². The van der Waals surface area contributed by atoms with Crippen molar-refractivity contribution in [3.05, 3.63) is 107 Å². The average Bonchev–Trinajstić information content (AvgIpc) is 3.50. The molecule has 3 N–H and O–H groups in total. The van der Waals surface area contributed by atoms with E-state index in [4.69, 9.17) is 0 Å². The Labute approximate surface area is 253 Å². The van der Waals surface area contributed by atoms with E-state index in [0.29, 0.717) is 62.1 Å². The number of aromatic amines is 1. The summed E-state index contributed by atoms with van der Waals surface area (Å²) in [4.78, 5) is 32.8. The van der Waals surface area contributed by atoms with Crippen molar-refractivity contribution in [3.8, 4) is 11.1 Å². The van der Waals surface area contributed by atoms with Crippen molar-refractivity contribution in [3.63, 3.8) is 0 Å². The molecule has 1 atom stereocenters. The van der Waals surface area contributed by atoms with Crippen molar-refractivity contribution in [1.29, 1.82) is 0 Å². The molecular formula is C34H35FN4O3S. The molecule has 0 aliphatic carbocycles. The lowest BCUT2D eigenvalue weighted by molar-refractivity contribution is -0.110. The van der Waals surface area contributed by atoms with Gasteiger partial charge in [-0.15, -0.1) is 0 Å². The molecule has 1 aromatic heterocycles. The summed E-state index contributed by atoms with van der Waals surface area (Å²) >= 11 is 0. The van der Waals surface area contributed by atoms with E-state index in [9.17, 15) is 18.2 Å². The lowest BCUT2D eigenvalue weighted by Crippen LogP contribution is -2.35. The van der Waals surface area contributed by atoms with Gasteiger partial charge in [0.2, 0.25) is 0 Å². The summed E-state index contributed by atoms with van der Waals surface area (Å²) in [6.07, 6.45) is 1.71. The van der Waals surface area contributed by atoms with Crippen LogP contribution in [0.5, 0.6) is 0 Å². The van der Waals surface area contributed by atoms with Gasteiger partial charge in [-0.25, -0.2) is 4.39 Å². The first kappa shape index (κ1) is 30.1. The number of aromatic nitrogens is 1. The topological polar surface area (TPSA) is 94.3 Å². The van der Waals surface area contributed by atoms with Crippen molar-refractivity contribution < 1.29 is 18.2 Å². The smallest absolute Gasteiger partial charge is 0.256 e. The lowest BCUT2D eigenvalue weighted by atomic mass is 9.97. The molecule has 2 amide bonds. The minimum atomic E-state index is -1.32. The first-order chi connectivity index (χ1) is 20.8. The molecule has 0 radical (unpaired) electrons. The number of benzene rings is 3. The number of likely N-dealkylation sites (N-methyl/N-ethyl adjacent to an activating group) is 1. The maximum absolute atomic E-state index is 13.9. The lowest BCUT2D eigenvalue weighted by Gasteiger charge is -2.18. The number of fused-ring (bicyclic) bond motifs is 1. The van der Waals surface area contributed by atoms with Gasteiger partial charge in [0, 0.05) is 46.2 Å². The molecule has 0 fully saturated rings. The molecule has 3 aromatic carbocycles. The molecule has 0 saturated heterocycles. The molecule has 4 aromatic rings. The van der Waals surface area contributed by atoms with Crippen LogP contribution in [0.4, 0.5) is 10.1 Å². The van der Waals surface area contributed by atoms with Gasteiger partial charge in [-0.05, 0) is 67.5 Å². The summed E-state index contributed by atoms with van der Waals surface area (Å²) in [7, 11) is -1.32. The second-order valence-electron chi connectivity index (χ2n) is 10.4. The number of hydrogen-bond donors (Lipinski definition) is 3. The number of nitrogens with one attached hydrogen (secondary N) is 3. The van der Waals surface area contributed by atoms with Gasteiger partial charge in [-0.3, -0.25) is 13.8 Å². The zero-order chi connectivity index (χ0) is 30.5. The second kappa shape index (κ2) is 13.3. The Morgan fingerprint density at radius 2 is 1.74 bits per heavy atom. The highest BCUT2D eigenvalue weighted by molar-refractivity contribution is 7.84. The molecule has 1 aliphatic heterocycles. The van der Waals surface area contributed by atoms with E-state index in [2.05, 4.69) is 34.4 Å². The Kier molecular flexibility index (Phi) is 9.33. The zero-order valence-corrected chi connectivity index (χ0v) is 25.3. The number of rotatable bonds is 11.